The number of aromatic nitrogens is 1. The molecule has 0 radical (unpaired) electrons. The van der Waals surface area contributed by atoms with Gasteiger partial charge in [0.2, 0.25) is 5.91 Å². The number of nitrogens with zero attached hydrogens (tertiary/aromatic N) is 1. The van der Waals surface area contributed by atoms with Gasteiger partial charge in [0.05, 0.1) is 12.5 Å². The Labute approximate surface area is 88.4 Å². The molecule has 5 heteroatoms. The molecular weight excluding hydrogens is 194 g/mol. The fourth-order valence-corrected chi connectivity index (χ4v) is 0.983. The molecule has 1 unspecified atom stereocenters. The van der Waals surface area contributed by atoms with Gasteiger partial charge in [-0.25, -0.2) is 4.98 Å². The Balaban J connectivity index is 2.62. The molecule has 1 aromatic rings. The van der Waals surface area contributed by atoms with E-state index >= 15 is 0 Å². The molecule has 1 atom stereocenters. The molecule has 1 aromatic heterocycles. The van der Waals surface area contributed by atoms with E-state index in [-0.39, 0.29) is 12.5 Å². The molecule has 0 aromatic carbocycles. The second-order valence-electron chi connectivity index (χ2n) is 3.45. The van der Waals surface area contributed by atoms with E-state index in [2.05, 4.69) is 4.98 Å². The van der Waals surface area contributed by atoms with E-state index in [0.717, 1.165) is 5.69 Å². The molecule has 15 heavy (non-hydrogen) atoms. The highest BCUT2D eigenvalue weighted by atomic mass is 16.5. The lowest BCUT2D eigenvalue weighted by Gasteiger charge is -2.11. The molecule has 1 heterocycles. The van der Waals surface area contributed by atoms with Crippen molar-refractivity contribution in [1.29, 1.82) is 0 Å². The van der Waals surface area contributed by atoms with Crippen molar-refractivity contribution in [3.8, 4) is 5.75 Å². The first-order valence-corrected chi connectivity index (χ1v) is 4.66. The van der Waals surface area contributed by atoms with Crippen LogP contribution in [0.25, 0.3) is 0 Å². The van der Waals surface area contributed by atoms with Crippen molar-refractivity contribution in [3.63, 3.8) is 0 Å². The fourth-order valence-electron chi connectivity index (χ4n) is 0.983. The number of amides is 1. The van der Waals surface area contributed by atoms with E-state index in [9.17, 15) is 4.79 Å². The summed E-state index contributed by atoms with van der Waals surface area (Å²) in [4.78, 5) is 14.8. The fraction of sp³-hybridized carbons (Fsp3) is 0.400. The Kier molecular flexibility index (Phi) is 3.49. The van der Waals surface area contributed by atoms with E-state index in [1.165, 1.54) is 0 Å². The van der Waals surface area contributed by atoms with Gasteiger partial charge in [0.15, 0.2) is 11.6 Å². The number of nitrogen functional groups attached to an aromatic ring is 1. The SMILES string of the molecule is Cc1ccc(OCC(C)C(N)=O)c(N)n1. The van der Waals surface area contributed by atoms with Crippen molar-refractivity contribution in [2.45, 2.75) is 13.8 Å². The average Bonchev–Trinajstić information content (AvgIpc) is 2.15. The molecule has 1 amide bonds. The summed E-state index contributed by atoms with van der Waals surface area (Å²) >= 11 is 0. The number of anilines is 1. The molecule has 1 rings (SSSR count). The van der Waals surface area contributed by atoms with Gasteiger partial charge in [0, 0.05) is 5.69 Å². The Bertz CT molecular complexity index is 366. The van der Waals surface area contributed by atoms with Crippen molar-refractivity contribution >= 4 is 11.7 Å². The highest BCUT2D eigenvalue weighted by Crippen LogP contribution is 2.19. The van der Waals surface area contributed by atoms with Gasteiger partial charge in [-0.15, -0.1) is 0 Å². The number of aryl methyl sites for hydroxylation is 1. The summed E-state index contributed by atoms with van der Waals surface area (Å²) in [5, 5.41) is 0. The van der Waals surface area contributed by atoms with Crippen LogP contribution in [0.5, 0.6) is 5.75 Å². The Morgan fingerprint density at radius 1 is 1.60 bits per heavy atom. The molecule has 0 aliphatic carbocycles. The van der Waals surface area contributed by atoms with Crippen LogP contribution in [-0.2, 0) is 4.79 Å². The minimum Gasteiger partial charge on any atom is -0.489 e. The molecular formula is C10H15N3O2. The maximum atomic E-state index is 10.8. The lowest BCUT2D eigenvalue weighted by Crippen LogP contribution is -2.26. The number of ether oxygens (including phenoxy) is 1. The lowest BCUT2D eigenvalue weighted by molar-refractivity contribution is -0.122. The molecule has 0 bridgehead atoms. The predicted molar refractivity (Wildman–Crippen MR) is 57.2 cm³/mol. The number of rotatable bonds is 4. The normalized spacial score (nSPS) is 12.1. The largest absolute Gasteiger partial charge is 0.489 e. The second-order valence-corrected chi connectivity index (χ2v) is 3.45. The average molecular weight is 209 g/mol. The van der Waals surface area contributed by atoms with Gasteiger partial charge >= 0.3 is 0 Å². The summed E-state index contributed by atoms with van der Waals surface area (Å²) in [6, 6.07) is 3.52. The lowest BCUT2D eigenvalue weighted by atomic mass is 10.2. The van der Waals surface area contributed by atoms with E-state index < -0.39 is 5.91 Å². The third-order valence-electron chi connectivity index (χ3n) is 2.00. The predicted octanol–water partition coefficient (Wildman–Crippen LogP) is 0.472. The van der Waals surface area contributed by atoms with Crippen LogP contribution in [0.1, 0.15) is 12.6 Å². The van der Waals surface area contributed by atoms with Gasteiger partial charge in [-0.1, -0.05) is 6.92 Å². The number of primary amides is 1. The van der Waals surface area contributed by atoms with Crippen LogP contribution in [0.2, 0.25) is 0 Å². The van der Waals surface area contributed by atoms with Gasteiger partial charge < -0.3 is 16.2 Å². The highest BCUT2D eigenvalue weighted by Gasteiger charge is 2.10. The first-order chi connectivity index (χ1) is 7.00. The van der Waals surface area contributed by atoms with Crippen LogP contribution < -0.4 is 16.2 Å². The monoisotopic (exact) mass is 209 g/mol. The standard InChI is InChI=1S/C10H15N3O2/c1-6(10(12)14)5-15-8-4-3-7(2)13-9(8)11/h3-4,6H,5H2,1-2H3,(H2,11,13)(H2,12,14). The molecule has 0 fully saturated rings. The summed E-state index contributed by atoms with van der Waals surface area (Å²) in [7, 11) is 0. The zero-order valence-electron chi connectivity index (χ0n) is 8.86. The summed E-state index contributed by atoms with van der Waals surface area (Å²) in [6.07, 6.45) is 0. The highest BCUT2D eigenvalue weighted by molar-refractivity contribution is 5.76. The Morgan fingerprint density at radius 2 is 2.27 bits per heavy atom. The number of carbonyl (C=O) groups excluding carboxylic acids is 1. The molecule has 5 nitrogen and oxygen atoms in total. The van der Waals surface area contributed by atoms with Crippen molar-refractivity contribution in [2.75, 3.05) is 12.3 Å². The van der Waals surface area contributed by atoms with E-state index in [4.69, 9.17) is 16.2 Å². The summed E-state index contributed by atoms with van der Waals surface area (Å²) in [5.41, 5.74) is 11.5. The Morgan fingerprint density at radius 3 is 2.80 bits per heavy atom. The quantitative estimate of drug-likeness (QED) is 0.754. The van der Waals surface area contributed by atoms with Crippen LogP contribution in [0.15, 0.2) is 12.1 Å². The van der Waals surface area contributed by atoms with Crippen molar-refractivity contribution < 1.29 is 9.53 Å². The number of hydrogen-bond donors (Lipinski definition) is 2. The maximum absolute atomic E-state index is 10.8. The zero-order chi connectivity index (χ0) is 11.4. The molecule has 4 N–H and O–H groups in total. The zero-order valence-corrected chi connectivity index (χ0v) is 8.86. The number of carbonyl (C=O) groups is 1. The van der Waals surface area contributed by atoms with Gasteiger partial charge in [0.25, 0.3) is 0 Å². The molecule has 0 saturated heterocycles. The molecule has 0 aliphatic rings. The first-order valence-electron chi connectivity index (χ1n) is 4.66. The third kappa shape index (κ3) is 3.12. The molecule has 0 spiro atoms. The van der Waals surface area contributed by atoms with Crippen LogP contribution in [0.4, 0.5) is 5.82 Å². The van der Waals surface area contributed by atoms with E-state index in [1.54, 1.807) is 19.1 Å². The first kappa shape index (κ1) is 11.3. The topological polar surface area (TPSA) is 91.2 Å². The van der Waals surface area contributed by atoms with Crippen molar-refractivity contribution in [2.24, 2.45) is 11.7 Å². The smallest absolute Gasteiger partial charge is 0.223 e. The minimum atomic E-state index is -0.395. The summed E-state index contributed by atoms with van der Waals surface area (Å²) in [6.45, 7) is 3.75. The summed E-state index contributed by atoms with van der Waals surface area (Å²) in [5.74, 6) is 0.0692. The number of hydrogen-bond acceptors (Lipinski definition) is 4. The number of pyridine rings is 1. The van der Waals surface area contributed by atoms with Crippen LogP contribution >= 0.6 is 0 Å². The third-order valence-corrected chi connectivity index (χ3v) is 2.00. The summed E-state index contributed by atoms with van der Waals surface area (Å²) < 4.78 is 5.33. The van der Waals surface area contributed by atoms with Gasteiger partial charge in [-0.05, 0) is 19.1 Å². The van der Waals surface area contributed by atoms with Crippen LogP contribution in [0, 0.1) is 12.8 Å². The van der Waals surface area contributed by atoms with Crippen LogP contribution in [0.3, 0.4) is 0 Å². The van der Waals surface area contributed by atoms with Gasteiger partial charge in [0.1, 0.15) is 0 Å². The van der Waals surface area contributed by atoms with Gasteiger partial charge in [-0.3, -0.25) is 4.79 Å². The second kappa shape index (κ2) is 4.63. The maximum Gasteiger partial charge on any atom is 0.223 e. The van der Waals surface area contributed by atoms with Gasteiger partial charge in [-0.2, -0.15) is 0 Å². The molecule has 0 saturated carbocycles. The number of nitrogens with two attached hydrogens (primary N) is 2. The van der Waals surface area contributed by atoms with Crippen molar-refractivity contribution in [1.82, 2.24) is 4.98 Å². The van der Waals surface area contributed by atoms with E-state index in [0.29, 0.717) is 11.6 Å². The molecule has 0 aliphatic heterocycles. The Hall–Kier alpha value is -1.78. The minimum absolute atomic E-state index is 0.213. The van der Waals surface area contributed by atoms with Crippen LogP contribution in [-0.4, -0.2) is 17.5 Å². The van der Waals surface area contributed by atoms with E-state index in [1.807, 2.05) is 6.92 Å². The molecule has 82 valence electrons. The van der Waals surface area contributed by atoms with Crippen molar-refractivity contribution in [3.05, 3.63) is 17.8 Å².